The third kappa shape index (κ3) is 18.7. The molecular weight excluding hydrogens is 1180 g/mol. The summed E-state index contributed by atoms with van der Waals surface area (Å²) in [5, 5.41) is 42.1. The maximum absolute atomic E-state index is 13.5. The quantitative estimate of drug-likeness (QED) is 0.0412. The minimum atomic E-state index is -4.64. The molecule has 0 spiro atoms. The van der Waals surface area contributed by atoms with Crippen molar-refractivity contribution < 1.29 is 106 Å². The SMILES string of the molecule is CB(O)N1CCC(c2ccc(S(=O)(=O)c3cccc(F)c3)cc2CO)C1.CCOC(=O)c1cc(S(=O)(=O)c2cccc(F)c2)ccc1C1CCN(B(C)O)C1.O=CC(F)(F)F.O=S(=O)(c1cccc(F)c1)c1ccc(C2CCNC2)c(CO)c1.[B].[H-].[Li+]. The number of hydrogen-bond acceptors (Lipinski definition) is 16. The summed E-state index contributed by atoms with van der Waals surface area (Å²) in [4.78, 5) is 24.7. The number of sulfone groups is 3. The maximum atomic E-state index is 13.5. The molecule has 3 fully saturated rings. The van der Waals surface area contributed by atoms with Gasteiger partial charge >= 0.3 is 45.1 Å². The molecule has 0 amide bonds. The first-order chi connectivity index (χ1) is 39.6. The smallest absolute Gasteiger partial charge is 1.00 e. The molecule has 5 N–H and O–H groups in total. The molecule has 0 saturated carbocycles. The number of alkyl halides is 3. The van der Waals surface area contributed by atoms with Gasteiger partial charge in [-0.15, -0.1) is 0 Å². The Morgan fingerprint density at radius 2 is 0.977 bits per heavy atom. The first-order valence-corrected chi connectivity index (χ1v) is 31.0. The summed E-state index contributed by atoms with van der Waals surface area (Å²) in [7, 11) is -12.8. The van der Waals surface area contributed by atoms with E-state index in [2.05, 4.69) is 5.32 Å². The Bertz CT molecular complexity index is 3640. The van der Waals surface area contributed by atoms with E-state index in [-0.39, 0.29) is 101 Å². The number of carbonyl (C=O) groups excluding carboxylic acids is 2. The van der Waals surface area contributed by atoms with Crippen molar-refractivity contribution in [3.63, 3.8) is 0 Å². The molecule has 0 aliphatic carbocycles. The fourth-order valence-electron chi connectivity index (χ4n) is 10.0. The molecule has 0 aromatic heterocycles. The van der Waals surface area contributed by atoms with Crippen LogP contribution in [0.3, 0.4) is 0 Å². The van der Waals surface area contributed by atoms with Gasteiger partial charge in [-0.1, -0.05) is 36.4 Å². The number of nitrogens with one attached hydrogen (secondary N) is 1. The predicted molar refractivity (Wildman–Crippen MR) is 307 cm³/mol. The van der Waals surface area contributed by atoms with Crippen LogP contribution in [0.15, 0.2) is 157 Å². The van der Waals surface area contributed by atoms with Crippen LogP contribution in [-0.4, -0.2) is 142 Å². The van der Waals surface area contributed by atoms with Crippen LogP contribution >= 0.6 is 0 Å². The van der Waals surface area contributed by atoms with Gasteiger partial charge in [0.15, 0.2) is 0 Å². The van der Waals surface area contributed by atoms with E-state index in [9.17, 15) is 76.7 Å². The van der Waals surface area contributed by atoms with Crippen molar-refractivity contribution >= 4 is 64.3 Å². The Balaban J connectivity index is 0.000000322. The molecule has 3 aliphatic rings. The number of aliphatic hydroxyl groups is 2. The van der Waals surface area contributed by atoms with Gasteiger partial charge in [-0.05, 0) is 209 Å². The second kappa shape index (κ2) is 32.1. The molecule has 3 atom stereocenters. The van der Waals surface area contributed by atoms with Crippen LogP contribution in [0.2, 0.25) is 13.6 Å². The molecular formula is C57H64B3F6LiN3O13S3. The Morgan fingerprint density at radius 1 is 0.616 bits per heavy atom. The van der Waals surface area contributed by atoms with E-state index in [0.717, 1.165) is 68.2 Å². The van der Waals surface area contributed by atoms with Gasteiger partial charge in [0.05, 0.1) is 54.8 Å². The van der Waals surface area contributed by atoms with Crippen molar-refractivity contribution in [2.75, 3.05) is 45.9 Å². The molecule has 6 aromatic carbocycles. The van der Waals surface area contributed by atoms with E-state index in [4.69, 9.17) is 9.53 Å². The summed E-state index contributed by atoms with van der Waals surface area (Å²) >= 11 is 0. The van der Waals surface area contributed by atoms with Gasteiger partial charge in [0, 0.05) is 15.0 Å². The summed E-state index contributed by atoms with van der Waals surface area (Å²) in [5.41, 5.74) is 3.87. The van der Waals surface area contributed by atoms with Crippen LogP contribution in [0, 0.1) is 17.5 Å². The van der Waals surface area contributed by atoms with Crippen LogP contribution in [-0.2, 0) is 52.3 Å². The van der Waals surface area contributed by atoms with Crippen molar-refractivity contribution in [2.24, 2.45) is 0 Å². The average molecular weight is 1250 g/mol. The molecule has 29 heteroatoms. The van der Waals surface area contributed by atoms with Gasteiger partial charge < -0.3 is 41.4 Å². The molecule has 3 unspecified atom stereocenters. The number of benzene rings is 6. The maximum Gasteiger partial charge on any atom is 1.00 e. The van der Waals surface area contributed by atoms with Crippen molar-refractivity contribution in [1.29, 1.82) is 0 Å². The van der Waals surface area contributed by atoms with E-state index in [1.165, 1.54) is 91.0 Å². The molecule has 455 valence electrons. The first kappa shape index (κ1) is 72.9. The molecule has 16 nitrogen and oxygen atoms in total. The van der Waals surface area contributed by atoms with Crippen molar-refractivity contribution in [3.8, 4) is 0 Å². The third-order valence-electron chi connectivity index (χ3n) is 14.3. The average Bonchev–Trinajstić information content (AvgIpc) is 2.40. The van der Waals surface area contributed by atoms with Crippen LogP contribution in [0.4, 0.5) is 26.3 Å². The molecule has 9 rings (SSSR count). The van der Waals surface area contributed by atoms with Crippen molar-refractivity contribution in [2.45, 2.75) is 106 Å². The zero-order valence-corrected chi connectivity index (χ0v) is 50.0. The Kier molecular flexibility index (Phi) is 27.2. The van der Waals surface area contributed by atoms with Gasteiger partial charge in [-0.25, -0.2) is 43.2 Å². The Labute approximate surface area is 513 Å². The summed E-state index contributed by atoms with van der Waals surface area (Å²) in [6, 6.07) is 28.4. The summed E-state index contributed by atoms with van der Waals surface area (Å²) < 4.78 is 153. The van der Waals surface area contributed by atoms with Gasteiger partial charge in [-0.3, -0.25) is 4.79 Å². The zero-order chi connectivity index (χ0) is 61.7. The summed E-state index contributed by atoms with van der Waals surface area (Å²) in [5.74, 6) is -2.10. The second-order valence-electron chi connectivity index (χ2n) is 20.0. The van der Waals surface area contributed by atoms with E-state index in [1.807, 2.05) is 9.62 Å². The number of carbonyl (C=O) groups is 2. The number of hydrogen-bond donors (Lipinski definition) is 5. The number of aliphatic hydroxyl groups excluding tert-OH is 2. The standard InChI is InChI=1S/C20H23BFNO5S.C18H21BFNO4S.C17H18FNO3S.C2HF3O.B.Li.H/c1-3-28-20(24)19-12-17(29(26,27)16-6-4-5-15(22)11-16)7-8-18(19)14-9-10-23(13-14)21(2)25;1-19(23)21-8-7-13(11-21)18-6-5-17(9-14(18)12-22)26(24,25)16-4-2-3-15(20)10-16;18-14-2-1-3-15(9-14)23(21,22)16-4-5-17(13(8-16)11-20)12-6-7-19-10-12;3-2(4,5)1-6;;;/h4-8,11-12,14,25H,3,9-10,13H2,1-2H3;2-6,9-10,13,22-23H,7-8,11-12H2,1H3;1-5,8-9,12,19-20H,6-7,10-11H2;1H;;;/q;;;;;+1;-1. The van der Waals surface area contributed by atoms with E-state index in [1.54, 1.807) is 38.8 Å². The number of ether oxygens (including phenoxy) is 1. The first-order valence-electron chi connectivity index (χ1n) is 26.5. The normalized spacial score (nSPS) is 17.0. The fraction of sp³-hybridized carbons (Fsp3) is 0.333. The van der Waals surface area contributed by atoms with Gasteiger partial charge in [0.25, 0.3) is 0 Å². The topological polar surface area (TPSA) is 245 Å². The van der Waals surface area contributed by atoms with Crippen LogP contribution in [0.1, 0.15) is 83.5 Å². The van der Waals surface area contributed by atoms with Gasteiger partial charge in [0.1, 0.15) is 17.5 Å². The fourth-order valence-corrected chi connectivity index (χ4v) is 14.0. The third-order valence-corrected chi connectivity index (χ3v) is 19.6. The molecule has 3 aliphatic heterocycles. The number of aldehydes is 1. The van der Waals surface area contributed by atoms with Crippen LogP contribution in [0.25, 0.3) is 0 Å². The zero-order valence-electron chi connectivity index (χ0n) is 48.5. The van der Waals surface area contributed by atoms with Crippen molar-refractivity contribution in [3.05, 3.63) is 178 Å². The molecule has 3 radical (unpaired) electrons. The Hall–Kier alpha value is -5.60. The molecule has 6 aromatic rings. The van der Waals surface area contributed by atoms with Gasteiger partial charge in [-0.2, -0.15) is 13.2 Å². The monoisotopic (exact) mass is 1250 g/mol. The second-order valence-corrected chi connectivity index (χ2v) is 25.8. The minimum Gasteiger partial charge on any atom is -1.00 e. The molecule has 3 saturated heterocycles. The molecule has 3 heterocycles. The Morgan fingerprint density at radius 3 is 1.30 bits per heavy atom. The van der Waals surface area contributed by atoms with Gasteiger partial charge in [0.2, 0.25) is 35.8 Å². The van der Waals surface area contributed by atoms with E-state index < -0.39 is 79.5 Å². The van der Waals surface area contributed by atoms with E-state index >= 15 is 0 Å². The largest absolute Gasteiger partial charge is 1.00 e. The number of halogens is 6. The minimum absolute atomic E-state index is 0. The van der Waals surface area contributed by atoms with Crippen LogP contribution < -0.4 is 24.2 Å². The molecule has 0 bridgehead atoms. The predicted octanol–water partition coefficient (Wildman–Crippen LogP) is 4.50. The van der Waals surface area contributed by atoms with Crippen molar-refractivity contribution in [1.82, 2.24) is 14.9 Å². The molecule has 86 heavy (non-hydrogen) atoms. The number of nitrogens with zero attached hydrogens (tertiary/aromatic N) is 2. The number of rotatable bonds is 15. The van der Waals surface area contributed by atoms with Crippen LogP contribution in [0.5, 0.6) is 0 Å². The number of esters is 1. The summed E-state index contributed by atoms with van der Waals surface area (Å²) in [6.07, 6.45) is -3.18. The summed E-state index contributed by atoms with van der Waals surface area (Å²) in [6.45, 7) is 9.09. The van der Waals surface area contributed by atoms with E-state index in [0.29, 0.717) is 36.3 Å².